The summed E-state index contributed by atoms with van der Waals surface area (Å²) in [5.41, 5.74) is 2.81. The van der Waals surface area contributed by atoms with Gasteiger partial charge in [0.05, 0.1) is 12.4 Å². The van der Waals surface area contributed by atoms with E-state index in [0.717, 1.165) is 23.4 Å². The quantitative estimate of drug-likeness (QED) is 0.469. The number of nitrogens with two attached hydrogens (primary N) is 1. The van der Waals surface area contributed by atoms with Crippen LogP contribution in [0, 0.1) is 0 Å². The average molecular weight is 398 g/mol. The third kappa shape index (κ3) is 4.45. The molecular formula is C20H23N5O2S. The van der Waals surface area contributed by atoms with Crippen LogP contribution in [0.2, 0.25) is 0 Å². The van der Waals surface area contributed by atoms with Crippen LogP contribution in [0.1, 0.15) is 19.4 Å². The van der Waals surface area contributed by atoms with Crippen LogP contribution in [0.4, 0.5) is 5.69 Å². The molecule has 0 fully saturated rings. The summed E-state index contributed by atoms with van der Waals surface area (Å²) in [6.45, 7) is 3.90. The molecule has 0 spiro atoms. The summed E-state index contributed by atoms with van der Waals surface area (Å²) in [4.78, 5) is 12.5. The Morgan fingerprint density at radius 1 is 1.18 bits per heavy atom. The lowest BCUT2D eigenvalue weighted by Gasteiger charge is -2.12. The van der Waals surface area contributed by atoms with Crippen molar-refractivity contribution < 1.29 is 9.53 Å². The number of carbonyl (C=O) groups is 1. The Morgan fingerprint density at radius 3 is 2.46 bits per heavy atom. The van der Waals surface area contributed by atoms with E-state index in [1.807, 2.05) is 55.5 Å². The second kappa shape index (κ2) is 8.79. The van der Waals surface area contributed by atoms with E-state index in [0.29, 0.717) is 11.0 Å². The van der Waals surface area contributed by atoms with Crippen LogP contribution in [-0.4, -0.2) is 33.1 Å². The molecule has 1 unspecified atom stereocenters. The van der Waals surface area contributed by atoms with Gasteiger partial charge in [-0.05, 0) is 55.3 Å². The SMILES string of the molecule is CCc1ccc(NC(=O)C(C)Sc2nnc(-c3ccc(OC)cc3)n2N)cc1. The van der Waals surface area contributed by atoms with Gasteiger partial charge >= 0.3 is 0 Å². The van der Waals surface area contributed by atoms with Gasteiger partial charge in [0.15, 0.2) is 5.82 Å². The molecule has 3 rings (SSSR count). The molecule has 1 aromatic heterocycles. The highest BCUT2D eigenvalue weighted by atomic mass is 32.2. The van der Waals surface area contributed by atoms with Crippen molar-refractivity contribution in [2.75, 3.05) is 18.3 Å². The average Bonchev–Trinajstić information content (AvgIpc) is 3.08. The lowest BCUT2D eigenvalue weighted by Crippen LogP contribution is -2.23. The number of carbonyl (C=O) groups excluding carboxylic acids is 1. The highest BCUT2D eigenvalue weighted by Gasteiger charge is 2.20. The van der Waals surface area contributed by atoms with Crippen LogP contribution in [-0.2, 0) is 11.2 Å². The van der Waals surface area contributed by atoms with Crippen molar-refractivity contribution in [3.8, 4) is 17.1 Å². The number of hydrogen-bond acceptors (Lipinski definition) is 6. The van der Waals surface area contributed by atoms with Gasteiger partial charge in [0, 0.05) is 11.3 Å². The number of ether oxygens (including phenoxy) is 1. The number of nitrogens with zero attached hydrogens (tertiary/aromatic N) is 3. The first kappa shape index (κ1) is 19.8. The van der Waals surface area contributed by atoms with Crippen LogP contribution in [0.3, 0.4) is 0 Å². The molecule has 1 atom stereocenters. The third-order valence-corrected chi connectivity index (χ3v) is 5.35. The Bertz CT molecular complexity index is 938. The number of benzene rings is 2. The summed E-state index contributed by atoms with van der Waals surface area (Å²) < 4.78 is 6.55. The molecule has 0 bridgehead atoms. The molecule has 1 heterocycles. The molecule has 0 aliphatic heterocycles. The van der Waals surface area contributed by atoms with Crippen LogP contribution in [0.15, 0.2) is 53.7 Å². The molecule has 0 radical (unpaired) electrons. The molecule has 0 aliphatic rings. The zero-order valence-corrected chi connectivity index (χ0v) is 16.9. The van der Waals surface area contributed by atoms with Gasteiger partial charge in [0.2, 0.25) is 11.1 Å². The number of thioether (sulfide) groups is 1. The monoisotopic (exact) mass is 397 g/mol. The van der Waals surface area contributed by atoms with Crippen molar-refractivity contribution in [2.24, 2.45) is 0 Å². The Hall–Kier alpha value is -3.00. The van der Waals surface area contributed by atoms with E-state index in [1.165, 1.54) is 22.0 Å². The van der Waals surface area contributed by atoms with E-state index >= 15 is 0 Å². The van der Waals surface area contributed by atoms with Gasteiger partial charge in [-0.15, -0.1) is 10.2 Å². The predicted molar refractivity (Wildman–Crippen MR) is 112 cm³/mol. The third-order valence-electron chi connectivity index (χ3n) is 4.29. The number of methoxy groups -OCH3 is 1. The zero-order valence-electron chi connectivity index (χ0n) is 16.0. The van der Waals surface area contributed by atoms with Crippen molar-refractivity contribution in [2.45, 2.75) is 30.7 Å². The fourth-order valence-corrected chi connectivity index (χ4v) is 3.34. The number of anilines is 1. The largest absolute Gasteiger partial charge is 0.497 e. The van der Waals surface area contributed by atoms with Crippen molar-refractivity contribution in [3.05, 3.63) is 54.1 Å². The normalized spacial score (nSPS) is 11.8. The molecule has 8 heteroatoms. The van der Waals surface area contributed by atoms with Gasteiger partial charge < -0.3 is 15.9 Å². The summed E-state index contributed by atoms with van der Waals surface area (Å²) >= 11 is 1.26. The van der Waals surface area contributed by atoms with Crippen LogP contribution >= 0.6 is 11.8 Å². The molecule has 7 nitrogen and oxygen atoms in total. The van der Waals surface area contributed by atoms with Gasteiger partial charge in [0.1, 0.15) is 5.75 Å². The number of nitrogen functional groups attached to an aromatic ring is 1. The molecular weight excluding hydrogens is 374 g/mol. The fourth-order valence-electron chi connectivity index (χ4n) is 2.57. The maximum Gasteiger partial charge on any atom is 0.237 e. The number of amides is 1. The van der Waals surface area contributed by atoms with Gasteiger partial charge in [0.25, 0.3) is 0 Å². The Morgan fingerprint density at radius 2 is 1.86 bits per heavy atom. The van der Waals surface area contributed by atoms with Crippen molar-refractivity contribution in [1.29, 1.82) is 0 Å². The second-order valence-electron chi connectivity index (χ2n) is 6.20. The molecule has 2 aromatic carbocycles. The van der Waals surface area contributed by atoms with Gasteiger partial charge in [-0.1, -0.05) is 30.8 Å². The zero-order chi connectivity index (χ0) is 20.1. The number of rotatable bonds is 7. The first-order chi connectivity index (χ1) is 13.5. The van der Waals surface area contributed by atoms with Crippen LogP contribution < -0.4 is 15.9 Å². The number of hydrogen-bond donors (Lipinski definition) is 2. The van der Waals surface area contributed by atoms with Gasteiger partial charge in [-0.3, -0.25) is 4.79 Å². The highest BCUT2D eigenvalue weighted by molar-refractivity contribution is 8.00. The van der Waals surface area contributed by atoms with Crippen molar-refractivity contribution >= 4 is 23.4 Å². The van der Waals surface area contributed by atoms with E-state index in [9.17, 15) is 4.79 Å². The summed E-state index contributed by atoms with van der Waals surface area (Å²) in [6.07, 6.45) is 0.961. The minimum Gasteiger partial charge on any atom is -0.497 e. The minimum atomic E-state index is -0.388. The lowest BCUT2D eigenvalue weighted by atomic mass is 10.1. The lowest BCUT2D eigenvalue weighted by molar-refractivity contribution is -0.115. The standard InChI is InChI=1S/C20H23N5O2S/c1-4-14-5-9-16(10-6-14)22-19(26)13(2)28-20-24-23-18(25(20)21)15-7-11-17(27-3)12-8-15/h5-13H,4,21H2,1-3H3,(H,22,26). The molecule has 1 amide bonds. The molecule has 28 heavy (non-hydrogen) atoms. The van der Waals surface area contributed by atoms with E-state index < -0.39 is 0 Å². The number of aromatic nitrogens is 3. The molecule has 3 aromatic rings. The molecule has 0 aliphatic carbocycles. The molecule has 3 N–H and O–H groups in total. The van der Waals surface area contributed by atoms with Crippen molar-refractivity contribution in [3.63, 3.8) is 0 Å². The van der Waals surface area contributed by atoms with E-state index in [1.54, 1.807) is 7.11 Å². The molecule has 146 valence electrons. The predicted octanol–water partition coefficient (Wildman–Crippen LogP) is 3.35. The maximum atomic E-state index is 12.5. The Labute approximate surface area is 168 Å². The van der Waals surface area contributed by atoms with E-state index in [4.69, 9.17) is 10.6 Å². The Balaban J connectivity index is 1.67. The van der Waals surface area contributed by atoms with E-state index in [-0.39, 0.29) is 11.2 Å². The summed E-state index contributed by atoms with van der Waals surface area (Å²) in [5.74, 6) is 7.29. The summed E-state index contributed by atoms with van der Waals surface area (Å²) in [7, 11) is 1.61. The summed E-state index contributed by atoms with van der Waals surface area (Å²) in [5, 5.41) is 11.3. The first-order valence-corrected chi connectivity index (χ1v) is 9.81. The highest BCUT2D eigenvalue weighted by Crippen LogP contribution is 2.26. The molecule has 0 saturated heterocycles. The van der Waals surface area contributed by atoms with Crippen LogP contribution in [0.5, 0.6) is 5.75 Å². The Kier molecular flexibility index (Phi) is 6.20. The minimum absolute atomic E-state index is 0.122. The smallest absolute Gasteiger partial charge is 0.237 e. The number of aryl methyl sites for hydroxylation is 1. The van der Waals surface area contributed by atoms with E-state index in [2.05, 4.69) is 22.4 Å². The van der Waals surface area contributed by atoms with Crippen LogP contribution in [0.25, 0.3) is 11.4 Å². The topological polar surface area (TPSA) is 95.1 Å². The molecule has 0 saturated carbocycles. The number of nitrogens with one attached hydrogen (secondary N) is 1. The van der Waals surface area contributed by atoms with Crippen molar-refractivity contribution in [1.82, 2.24) is 14.9 Å². The van der Waals surface area contributed by atoms with Gasteiger partial charge in [-0.2, -0.15) is 0 Å². The summed E-state index contributed by atoms with van der Waals surface area (Å²) in [6, 6.07) is 15.2. The van der Waals surface area contributed by atoms with Gasteiger partial charge in [-0.25, -0.2) is 4.68 Å². The maximum absolute atomic E-state index is 12.5. The first-order valence-electron chi connectivity index (χ1n) is 8.93. The fraction of sp³-hybridized carbons (Fsp3) is 0.250. The second-order valence-corrected chi connectivity index (χ2v) is 7.51.